The fraction of sp³-hybridized carbons (Fsp3) is 0.273. The highest BCUT2D eigenvalue weighted by molar-refractivity contribution is 5.90. The lowest BCUT2D eigenvalue weighted by Gasteiger charge is -2.08. The van der Waals surface area contributed by atoms with Gasteiger partial charge in [0.1, 0.15) is 12.0 Å². The summed E-state index contributed by atoms with van der Waals surface area (Å²) in [6.07, 6.45) is 0.704. The first-order valence-electron chi connectivity index (χ1n) is 4.46. The predicted octanol–water partition coefficient (Wildman–Crippen LogP) is 1.48. The molecule has 1 unspecified atom stereocenters. The number of rotatable bonds is 3. The summed E-state index contributed by atoms with van der Waals surface area (Å²) in [4.78, 5) is 21.8. The number of phenols is 1. The largest absolute Gasteiger partial charge is 0.508 e. The van der Waals surface area contributed by atoms with Gasteiger partial charge in [-0.1, -0.05) is 6.92 Å². The van der Waals surface area contributed by atoms with Gasteiger partial charge >= 0.3 is 5.97 Å². The normalized spacial score (nSPS) is 11.9. The zero-order chi connectivity index (χ0) is 11.4. The molecule has 1 N–H and O–H groups in total. The molecule has 0 aromatic heterocycles. The summed E-state index contributed by atoms with van der Waals surface area (Å²) in [5, 5.41) is 9.48. The Kier molecular flexibility index (Phi) is 3.44. The molecule has 1 aromatic rings. The van der Waals surface area contributed by atoms with Gasteiger partial charge in [0.05, 0.1) is 12.7 Å². The number of carbonyl (C=O) groups is 2. The molecule has 1 aromatic carbocycles. The van der Waals surface area contributed by atoms with E-state index >= 15 is 0 Å². The second-order valence-corrected chi connectivity index (χ2v) is 3.19. The van der Waals surface area contributed by atoms with Gasteiger partial charge in [0.25, 0.3) is 0 Å². The molecule has 4 heteroatoms. The van der Waals surface area contributed by atoms with Crippen LogP contribution in [0.5, 0.6) is 5.75 Å². The third-order valence-electron chi connectivity index (χ3n) is 2.14. The fourth-order valence-electron chi connectivity index (χ4n) is 1.24. The lowest BCUT2D eigenvalue weighted by Crippen LogP contribution is -2.03. The van der Waals surface area contributed by atoms with E-state index in [-0.39, 0.29) is 5.75 Å². The number of aromatic hydroxyl groups is 1. The number of phenolic OH excluding ortho intramolecular Hbond substituents is 1. The van der Waals surface area contributed by atoms with Crippen LogP contribution in [0.3, 0.4) is 0 Å². The van der Waals surface area contributed by atoms with Gasteiger partial charge in [-0.05, 0) is 18.2 Å². The Hall–Kier alpha value is -1.84. The summed E-state index contributed by atoms with van der Waals surface area (Å²) in [7, 11) is 1.28. The summed E-state index contributed by atoms with van der Waals surface area (Å²) in [5.74, 6) is -0.939. The third-order valence-corrected chi connectivity index (χ3v) is 2.14. The molecule has 0 bridgehead atoms. The molecule has 0 amide bonds. The number of methoxy groups -OCH3 is 1. The number of hydrogen-bond acceptors (Lipinski definition) is 4. The van der Waals surface area contributed by atoms with E-state index in [1.165, 1.54) is 25.3 Å². The molecule has 1 atom stereocenters. The zero-order valence-corrected chi connectivity index (χ0v) is 8.56. The first-order valence-corrected chi connectivity index (χ1v) is 4.46. The molecule has 1 rings (SSSR count). The molecule has 0 saturated heterocycles. The van der Waals surface area contributed by atoms with Gasteiger partial charge in [0.15, 0.2) is 0 Å². The minimum atomic E-state index is -0.491. The quantitative estimate of drug-likeness (QED) is 0.603. The van der Waals surface area contributed by atoms with Crippen molar-refractivity contribution in [3.05, 3.63) is 29.3 Å². The highest BCUT2D eigenvalue weighted by Gasteiger charge is 2.13. The molecule has 4 nitrogen and oxygen atoms in total. The average molecular weight is 208 g/mol. The van der Waals surface area contributed by atoms with E-state index in [2.05, 4.69) is 4.74 Å². The minimum Gasteiger partial charge on any atom is -0.508 e. The van der Waals surface area contributed by atoms with E-state index in [1.807, 2.05) is 0 Å². The van der Waals surface area contributed by atoms with Crippen LogP contribution in [0.15, 0.2) is 18.2 Å². The Bertz CT molecular complexity index is 384. The Morgan fingerprint density at radius 3 is 2.73 bits per heavy atom. The predicted molar refractivity (Wildman–Crippen MR) is 53.9 cm³/mol. The van der Waals surface area contributed by atoms with Gasteiger partial charge in [-0.3, -0.25) is 0 Å². The van der Waals surface area contributed by atoms with Crippen LogP contribution in [0.2, 0.25) is 0 Å². The van der Waals surface area contributed by atoms with Crippen LogP contribution >= 0.6 is 0 Å². The molecule has 80 valence electrons. The third kappa shape index (κ3) is 2.34. The zero-order valence-electron chi connectivity index (χ0n) is 8.56. The highest BCUT2D eigenvalue weighted by Crippen LogP contribution is 2.25. The van der Waals surface area contributed by atoms with Crippen LogP contribution in [0, 0.1) is 0 Å². The molecule has 15 heavy (non-hydrogen) atoms. The van der Waals surface area contributed by atoms with Crippen molar-refractivity contribution in [3.63, 3.8) is 0 Å². The van der Waals surface area contributed by atoms with Gasteiger partial charge in [0, 0.05) is 11.5 Å². The van der Waals surface area contributed by atoms with Crippen LogP contribution < -0.4 is 0 Å². The number of hydrogen-bond donors (Lipinski definition) is 1. The smallest absolute Gasteiger partial charge is 0.337 e. The lowest BCUT2D eigenvalue weighted by atomic mass is 9.99. The van der Waals surface area contributed by atoms with Crippen LogP contribution in [-0.2, 0) is 9.53 Å². The van der Waals surface area contributed by atoms with Crippen molar-refractivity contribution < 1.29 is 19.4 Å². The Morgan fingerprint density at radius 1 is 1.53 bits per heavy atom. The number of aldehydes is 1. The maximum Gasteiger partial charge on any atom is 0.337 e. The fourth-order valence-corrected chi connectivity index (χ4v) is 1.24. The molecule has 0 heterocycles. The van der Waals surface area contributed by atoms with Gasteiger partial charge < -0.3 is 14.6 Å². The van der Waals surface area contributed by atoms with E-state index in [9.17, 15) is 14.7 Å². The van der Waals surface area contributed by atoms with Crippen molar-refractivity contribution >= 4 is 12.3 Å². The van der Waals surface area contributed by atoms with E-state index in [0.29, 0.717) is 17.4 Å². The second-order valence-electron chi connectivity index (χ2n) is 3.19. The topological polar surface area (TPSA) is 63.6 Å². The number of ether oxygens (including phenoxy) is 1. The van der Waals surface area contributed by atoms with Crippen molar-refractivity contribution in [2.45, 2.75) is 12.8 Å². The van der Waals surface area contributed by atoms with Gasteiger partial charge in [-0.25, -0.2) is 4.79 Å². The maximum absolute atomic E-state index is 11.2. The van der Waals surface area contributed by atoms with E-state index < -0.39 is 11.9 Å². The molecular formula is C11H12O4. The SMILES string of the molecule is COC(=O)c1ccc(O)c(C(C)C=O)c1. The summed E-state index contributed by atoms with van der Waals surface area (Å²) >= 11 is 0. The number of benzene rings is 1. The first-order chi connectivity index (χ1) is 7.10. The number of carbonyl (C=O) groups excluding carboxylic acids is 2. The van der Waals surface area contributed by atoms with E-state index in [0.717, 1.165) is 0 Å². The first kappa shape index (κ1) is 11.2. The van der Waals surface area contributed by atoms with Crippen LogP contribution in [0.1, 0.15) is 28.8 Å². The summed E-state index contributed by atoms with van der Waals surface area (Å²) in [5.41, 5.74) is 0.743. The van der Waals surface area contributed by atoms with Crippen molar-refractivity contribution in [1.82, 2.24) is 0 Å². The van der Waals surface area contributed by atoms with Crippen LogP contribution in [0.4, 0.5) is 0 Å². The molecule has 0 fully saturated rings. The molecule has 0 aliphatic carbocycles. The summed E-state index contributed by atoms with van der Waals surface area (Å²) in [6, 6.07) is 4.28. The van der Waals surface area contributed by atoms with Gasteiger partial charge in [-0.15, -0.1) is 0 Å². The Balaban J connectivity index is 3.16. The van der Waals surface area contributed by atoms with Crippen molar-refractivity contribution in [2.24, 2.45) is 0 Å². The molecule has 0 aliphatic rings. The molecule has 0 spiro atoms. The molecule has 0 aliphatic heterocycles. The van der Waals surface area contributed by atoms with Crippen molar-refractivity contribution in [2.75, 3.05) is 7.11 Å². The monoisotopic (exact) mass is 208 g/mol. The van der Waals surface area contributed by atoms with Crippen molar-refractivity contribution in [3.8, 4) is 5.75 Å². The number of esters is 1. The highest BCUT2D eigenvalue weighted by atomic mass is 16.5. The van der Waals surface area contributed by atoms with Crippen LogP contribution in [-0.4, -0.2) is 24.5 Å². The maximum atomic E-state index is 11.2. The molecule has 0 radical (unpaired) electrons. The van der Waals surface area contributed by atoms with Crippen LogP contribution in [0.25, 0.3) is 0 Å². The second kappa shape index (κ2) is 4.59. The minimum absolute atomic E-state index is 0.00209. The van der Waals surface area contributed by atoms with Gasteiger partial charge in [0.2, 0.25) is 0 Å². The lowest BCUT2D eigenvalue weighted by molar-refractivity contribution is -0.108. The molecular weight excluding hydrogens is 196 g/mol. The van der Waals surface area contributed by atoms with Crippen molar-refractivity contribution in [1.29, 1.82) is 0 Å². The molecule has 0 saturated carbocycles. The summed E-state index contributed by atoms with van der Waals surface area (Å²) < 4.78 is 4.54. The van der Waals surface area contributed by atoms with Gasteiger partial charge in [-0.2, -0.15) is 0 Å². The average Bonchev–Trinajstić information content (AvgIpc) is 2.27. The Labute approximate surface area is 87.5 Å². The standard InChI is InChI=1S/C11H12O4/c1-7(6-12)9-5-8(11(14)15-2)3-4-10(9)13/h3-7,13H,1-2H3. The summed E-state index contributed by atoms with van der Waals surface area (Å²) in [6.45, 7) is 1.64. The Morgan fingerprint density at radius 2 is 2.20 bits per heavy atom. The van der Waals surface area contributed by atoms with E-state index in [1.54, 1.807) is 6.92 Å². The van der Waals surface area contributed by atoms with E-state index in [4.69, 9.17) is 0 Å².